The summed E-state index contributed by atoms with van der Waals surface area (Å²) in [6.45, 7) is 2.40. The predicted octanol–water partition coefficient (Wildman–Crippen LogP) is -4.16. The number of primary amides is 2. The third-order valence-electron chi connectivity index (χ3n) is 24.5. The van der Waals surface area contributed by atoms with Gasteiger partial charge in [-0.05, 0) is 106 Å². The molecule has 3 aromatic carbocycles. The van der Waals surface area contributed by atoms with Crippen molar-refractivity contribution in [3.63, 3.8) is 0 Å². The van der Waals surface area contributed by atoms with Gasteiger partial charge in [0.25, 0.3) is 0 Å². The number of nitrogens with two attached hydrogens (primary N) is 2. The number of para-hydroxylation sites is 2. The zero-order chi connectivity index (χ0) is 100. The van der Waals surface area contributed by atoms with E-state index in [1.165, 1.54) is 88.7 Å². The highest BCUT2D eigenvalue weighted by Gasteiger charge is 2.47. The Labute approximate surface area is 788 Å². The van der Waals surface area contributed by atoms with Crippen LogP contribution in [0.1, 0.15) is 140 Å². The van der Waals surface area contributed by atoms with Gasteiger partial charge in [-0.15, -0.1) is 0 Å². The average molecular weight is 1910 g/mol. The summed E-state index contributed by atoms with van der Waals surface area (Å²) in [5.74, 6) is -19.8. The number of fused-ring (bicyclic) bond motifs is 4. The first-order valence-corrected chi connectivity index (χ1v) is 45.5. The molecule has 3 aliphatic rings. The quantitative estimate of drug-likeness (QED) is 0.0259. The van der Waals surface area contributed by atoms with Crippen LogP contribution in [0.15, 0.2) is 97.7 Å². The minimum absolute atomic E-state index is 0.00665. The number of carbonyl (C=O) groups excluding carboxylic acids is 17. The molecule has 0 spiro atoms. The molecule has 46 nitrogen and oxygen atoms in total. The highest BCUT2D eigenvalue weighted by molar-refractivity contribution is 6.03. The van der Waals surface area contributed by atoms with E-state index in [1.54, 1.807) is 48.5 Å². The number of H-pyrrole nitrogens is 2. The second kappa shape index (κ2) is 50.2. The summed E-state index contributed by atoms with van der Waals surface area (Å²) >= 11 is 0. The molecule has 742 valence electrons. The molecule has 17 amide bonds. The molecular formula is C91H124N22O24. The number of carboxylic acid groups (broad SMARTS) is 2. The number of carboxylic acids is 2. The maximum Gasteiger partial charge on any atom is 0.323 e. The van der Waals surface area contributed by atoms with Gasteiger partial charge < -0.3 is 135 Å². The Kier molecular flexibility index (Phi) is 38.9. The second-order valence-electron chi connectivity index (χ2n) is 34.6. The van der Waals surface area contributed by atoms with Crippen LogP contribution in [0.4, 0.5) is 0 Å². The molecule has 6 heterocycles. The molecule has 22 N–H and O–H groups in total. The molecule has 0 radical (unpaired) electrons. The van der Waals surface area contributed by atoms with E-state index in [1.807, 2.05) is 13.8 Å². The molecule has 46 heteroatoms. The van der Waals surface area contributed by atoms with Crippen LogP contribution in [0.25, 0.3) is 21.8 Å². The maximum atomic E-state index is 15.8. The number of carbonyl (C=O) groups is 19. The Morgan fingerprint density at radius 1 is 0.540 bits per heavy atom. The topological polar surface area (TPSA) is 675 Å². The Balaban J connectivity index is 1.08. The lowest BCUT2D eigenvalue weighted by Crippen LogP contribution is -2.61. The number of aliphatic hydroxyl groups excluding tert-OH is 2. The number of phenols is 1. The molecule has 3 saturated heterocycles. The Hall–Kier alpha value is -14.4. The van der Waals surface area contributed by atoms with Crippen LogP contribution in [-0.4, -0.2) is 333 Å². The van der Waals surface area contributed by atoms with Crippen LogP contribution >= 0.6 is 0 Å². The lowest BCUT2D eigenvalue weighted by atomic mass is 10.00. The summed E-state index contributed by atoms with van der Waals surface area (Å²) < 4.78 is 1.40. The van der Waals surface area contributed by atoms with Gasteiger partial charge in [-0.1, -0.05) is 88.1 Å². The third-order valence-corrected chi connectivity index (χ3v) is 24.5. The van der Waals surface area contributed by atoms with Crippen molar-refractivity contribution in [2.75, 3.05) is 60.5 Å². The minimum atomic E-state index is -2.00. The van der Waals surface area contributed by atoms with Gasteiger partial charge in [-0.2, -0.15) is 0 Å². The van der Waals surface area contributed by atoms with Crippen LogP contribution in [0.2, 0.25) is 0 Å². The molecule has 0 saturated carbocycles. The molecule has 3 aromatic heterocycles. The van der Waals surface area contributed by atoms with Crippen molar-refractivity contribution >= 4 is 134 Å². The number of nitrogens with one attached hydrogen (secondary N) is 13. The van der Waals surface area contributed by atoms with E-state index in [4.69, 9.17) is 11.5 Å². The number of phenolic OH excluding ortho intramolecular Hbond substituents is 1. The summed E-state index contributed by atoms with van der Waals surface area (Å²) in [5.41, 5.74) is 13.3. The number of benzene rings is 3. The second-order valence-corrected chi connectivity index (χ2v) is 34.6. The van der Waals surface area contributed by atoms with Gasteiger partial charge in [0.1, 0.15) is 96.9 Å². The lowest BCUT2D eigenvalue weighted by Gasteiger charge is -2.36. The van der Waals surface area contributed by atoms with Crippen molar-refractivity contribution in [2.24, 2.45) is 11.5 Å². The maximum absolute atomic E-state index is 15.8. The Bertz CT molecular complexity index is 5360. The first-order chi connectivity index (χ1) is 65.2. The molecule has 3 aliphatic heterocycles. The van der Waals surface area contributed by atoms with Gasteiger partial charge in [0.2, 0.25) is 100 Å². The fourth-order valence-corrected chi connectivity index (χ4v) is 16.9. The number of aromatic hydroxyl groups is 1. The van der Waals surface area contributed by atoms with E-state index in [2.05, 4.69) is 73.4 Å². The lowest BCUT2D eigenvalue weighted by molar-refractivity contribution is -0.149. The van der Waals surface area contributed by atoms with E-state index in [0.29, 0.717) is 64.2 Å². The van der Waals surface area contributed by atoms with Crippen molar-refractivity contribution in [3.05, 3.63) is 120 Å². The van der Waals surface area contributed by atoms with Gasteiger partial charge in [-0.25, -0.2) is 4.98 Å². The highest BCUT2D eigenvalue weighted by atomic mass is 16.4. The van der Waals surface area contributed by atoms with Gasteiger partial charge in [0.05, 0.1) is 38.5 Å². The fraction of sp³-hybridized carbons (Fsp3) is 0.516. The molecular weight excluding hydrogens is 1790 g/mol. The smallest absolute Gasteiger partial charge is 0.323 e. The Morgan fingerprint density at radius 2 is 1.13 bits per heavy atom. The highest BCUT2D eigenvalue weighted by Crippen LogP contribution is 2.29. The van der Waals surface area contributed by atoms with Crippen molar-refractivity contribution in [3.8, 4) is 5.75 Å². The standard InChI is InChI=1S/C91H124N22O24/c1-8-10-22-69-84(130)99-49(3)78(124)101-60(80(126)97-42-74(93)118)21-16-32-94-43-75(119)100-64(34-51-26-28-55(115)29-27-51)87(133)108(5)50(4)79(125)105-66(39-76(120)121)90(136)112-33-17-25-70(112)85(131)104-63(37-54-41-95-48-98-54)82(128)102-61(30-31-73(92)117)89(135)113-45-56(116)38-72(113)86(132)103-62(35-52-40-96-59-20-14-12-18-57(52)59)81(127)107-67(47-114)83(129)106-65(88(134)110(7)71(23-11-9-2)91(137)109(69)6)36-53-44-111(46-77(122)123)68-24-15-13-19-58(53)68/h12-15,18-20,24,26-29,40-41,44,48-50,56,60-67,69-72,94,96,114-116H,8-11,16-17,21-23,25,30-39,42-43,45-47H2,1-7H3,(H2,92,117)(H2,93,118)(H,95,98)(H,97,126)(H,99,130)(H,100,119)(H,101,124)(H,102,128)(H,103,132)(H,104,131)(H,105,125)(H,106,129)(H,107,127)(H,120,121)(H,122,123)/t49-,50-,56+,60-,61-,62-,63-,64-,65-,66-,67-,69-,70-,71-,72-/m0/s1. The first kappa shape index (κ1) is 106. The molecule has 9 rings (SSSR count). The van der Waals surface area contributed by atoms with Gasteiger partial charge in [0, 0.05) is 119 Å². The number of aromatic amines is 2. The van der Waals surface area contributed by atoms with Crippen LogP contribution < -0.4 is 70.0 Å². The molecule has 3 fully saturated rings. The van der Waals surface area contributed by atoms with Crippen molar-refractivity contribution in [1.82, 2.24) is 103 Å². The average Bonchev–Trinajstić information content (AvgIpc) is 1.61. The summed E-state index contributed by atoms with van der Waals surface area (Å²) in [5, 5.41) is 82.7. The van der Waals surface area contributed by atoms with Crippen LogP contribution in [0.5, 0.6) is 5.75 Å². The molecule has 0 unspecified atom stereocenters. The van der Waals surface area contributed by atoms with Gasteiger partial charge in [-0.3, -0.25) is 91.1 Å². The largest absolute Gasteiger partial charge is 0.508 e. The monoisotopic (exact) mass is 1910 g/mol. The van der Waals surface area contributed by atoms with E-state index >= 15 is 33.6 Å². The summed E-state index contributed by atoms with van der Waals surface area (Å²) in [7, 11) is 3.80. The van der Waals surface area contributed by atoms with Crippen molar-refractivity contribution in [2.45, 2.75) is 241 Å². The third kappa shape index (κ3) is 29.3. The molecule has 137 heavy (non-hydrogen) atoms. The van der Waals surface area contributed by atoms with E-state index in [0.717, 1.165) is 24.5 Å². The number of unbranched alkanes of at least 4 members (excludes halogenated alkanes) is 2. The predicted molar refractivity (Wildman–Crippen MR) is 490 cm³/mol. The zero-order valence-electron chi connectivity index (χ0n) is 77.4. The molecule has 15 atom stereocenters. The number of likely N-dealkylation sites (N-methyl/N-ethyl adjacent to an activating group) is 3. The van der Waals surface area contributed by atoms with Gasteiger partial charge >= 0.3 is 11.9 Å². The van der Waals surface area contributed by atoms with E-state index in [9.17, 15) is 83.1 Å². The number of nitrogens with zero attached hydrogens (tertiary/aromatic N) is 7. The number of hydrogen-bond acceptors (Lipinski definition) is 24. The minimum Gasteiger partial charge on any atom is -0.508 e. The van der Waals surface area contributed by atoms with Crippen LogP contribution in [0, 0.1) is 0 Å². The molecule has 6 aromatic rings. The normalized spacial score (nSPS) is 24.7. The number of hydrogen-bond donors (Lipinski definition) is 20. The van der Waals surface area contributed by atoms with Crippen molar-refractivity contribution < 1.29 is 117 Å². The van der Waals surface area contributed by atoms with Crippen LogP contribution in [0.3, 0.4) is 0 Å². The summed E-state index contributed by atoms with van der Waals surface area (Å²) in [6.07, 6.45) is 1.20. The Morgan fingerprint density at radius 3 is 1.78 bits per heavy atom. The van der Waals surface area contributed by atoms with Crippen molar-refractivity contribution in [1.29, 1.82) is 0 Å². The van der Waals surface area contributed by atoms with E-state index in [-0.39, 0.29) is 69.5 Å². The summed E-state index contributed by atoms with van der Waals surface area (Å²) in [6, 6.07) is -3.86. The van der Waals surface area contributed by atoms with E-state index < -0.39 is 281 Å². The van der Waals surface area contributed by atoms with Crippen LogP contribution in [-0.2, 0) is 123 Å². The fourth-order valence-electron chi connectivity index (χ4n) is 16.9. The summed E-state index contributed by atoms with van der Waals surface area (Å²) in [4.78, 5) is 287. The zero-order valence-corrected chi connectivity index (χ0v) is 77.4. The molecule has 0 bridgehead atoms. The van der Waals surface area contributed by atoms with Gasteiger partial charge in [0.15, 0.2) is 0 Å². The number of rotatable bonds is 25. The first-order valence-electron chi connectivity index (χ1n) is 45.5. The number of imidazole rings is 1. The SMILES string of the molecule is CCCC[C@H]1C(=O)N(C)[C@@H](CCCC)C(=O)N[C@@H](C)C(=O)N[C@H](C(=O)NCC(N)=O)CCCNCC(=O)N[C@@H](Cc2ccc(O)cc2)C(=O)N(C)[C@@H](C)C(=O)N[C@@H](CC(=O)O)C(=O)N2CCC[C@H]2C(=O)N[C@@H](Cc2cnc[nH]2)C(=O)N[C@@H](CCC(N)=O)C(=O)N2C[C@H](O)C[C@H]2C(=O)N[C@@H](Cc2c[nH]c3ccccc23)C(=O)N[C@@H](CO)C(=O)N[C@@H](Cc2cn(CC(=O)O)c3ccccc23)C(=O)N1C. The number of aromatic nitrogens is 4. The molecule has 0 aliphatic carbocycles. The number of amides is 17. The number of aliphatic carboxylic acids is 2. The number of aliphatic hydroxyl groups is 2.